The molecule has 0 heterocycles. The third kappa shape index (κ3) is 2.33. The fourth-order valence-electron chi connectivity index (χ4n) is 0.971. The largest absolute Gasteiger partial charge is 0.396 e. The van der Waals surface area contributed by atoms with Crippen LogP contribution in [-0.2, 0) is 0 Å². The Labute approximate surface area is 81.9 Å². The average molecular weight is 191 g/mol. The lowest BCUT2D eigenvalue weighted by molar-refractivity contribution is 0.0998. The first-order chi connectivity index (χ1) is 6.65. The van der Waals surface area contributed by atoms with Crippen LogP contribution >= 0.6 is 0 Å². The molecule has 0 saturated heterocycles. The van der Waals surface area contributed by atoms with Crippen LogP contribution in [0.25, 0.3) is 0 Å². The van der Waals surface area contributed by atoms with Crippen molar-refractivity contribution in [3.8, 4) is 11.8 Å². The monoisotopic (exact) mass is 191 g/mol. The Hall–Kier alpha value is -1.82. The highest BCUT2D eigenvalue weighted by Gasteiger charge is 2.06. The van der Waals surface area contributed by atoms with Gasteiger partial charge in [-0.25, -0.2) is 4.39 Å². The van der Waals surface area contributed by atoms with E-state index in [0.717, 1.165) is 6.07 Å². The molecule has 0 aliphatic carbocycles. The van der Waals surface area contributed by atoms with Crippen molar-refractivity contribution in [3.63, 3.8) is 0 Å². The third-order valence-corrected chi connectivity index (χ3v) is 1.75. The van der Waals surface area contributed by atoms with Gasteiger partial charge in [-0.05, 0) is 25.1 Å². The molecule has 0 fully saturated rings. The summed E-state index contributed by atoms with van der Waals surface area (Å²) in [5.41, 5.74) is 5.62. The molecule has 0 saturated carbocycles. The average Bonchev–Trinajstić information content (AvgIpc) is 2.18. The minimum atomic E-state index is -0.569. The Balaban J connectivity index is 2.89. The second kappa shape index (κ2) is 4.43. The van der Waals surface area contributed by atoms with Gasteiger partial charge in [0.2, 0.25) is 0 Å². The van der Waals surface area contributed by atoms with Crippen LogP contribution in [0.5, 0.6) is 0 Å². The number of halogens is 1. The zero-order valence-corrected chi connectivity index (χ0v) is 7.80. The maximum atomic E-state index is 12.9. The maximum Gasteiger partial charge on any atom is 0.174 e. The van der Waals surface area contributed by atoms with E-state index in [1.165, 1.54) is 12.1 Å². The summed E-state index contributed by atoms with van der Waals surface area (Å²) < 4.78 is 12.9. The van der Waals surface area contributed by atoms with Gasteiger partial charge in [-0.1, -0.05) is 5.92 Å². The van der Waals surface area contributed by atoms with E-state index >= 15 is 0 Å². The maximum absolute atomic E-state index is 12.9. The van der Waals surface area contributed by atoms with Crippen LogP contribution in [0.3, 0.4) is 0 Å². The summed E-state index contributed by atoms with van der Waals surface area (Å²) >= 11 is 0. The Morgan fingerprint density at radius 1 is 1.57 bits per heavy atom. The van der Waals surface area contributed by atoms with Crippen LogP contribution in [0.4, 0.5) is 10.1 Å². The summed E-state index contributed by atoms with van der Waals surface area (Å²) in [7, 11) is 0. The van der Waals surface area contributed by atoms with Gasteiger partial charge in [0.25, 0.3) is 0 Å². The van der Waals surface area contributed by atoms with Gasteiger partial charge in [0, 0.05) is 5.56 Å². The molecule has 3 heteroatoms. The summed E-state index contributed by atoms with van der Waals surface area (Å²) in [4.78, 5) is 11.4. The first-order valence-corrected chi connectivity index (χ1v) is 4.13. The molecule has 0 aromatic heterocycles. The number of hydrogen-bond acceptors (Lipinski definition) is 2. The van der Waals surface area contributed by atoms with Gasteiger partial charge < -0.3 is 5.73 Å². The van der Waals surface area contributed by atoms with Crippen LogP contribution in [-0.4, -0.2) is 5.78 Å². The fraction of sp³-hybridized carbons (Fsp3) is 0.182. The van der Waals surface area contributed by atoms with E-state index in [1.807, 2.05) is 0 Å². The molecule has 0 aliphatic heterocycles. The van der Waals surface area contributed by atoms with E-state index in [0.29, 0.717) is 5.56 Å². The van der Waals surface area contributed by atoms with Crippen molar-refractivity contribution in [2.75, 3.05) is 5.73 Å². The smallest absolute Gasteiger partial charge is 0.174 e. The van der Waals surface area contributed by atoms with Crippen molar-refractivity contribution >= 4 is 11.5 Å². The summed E-state index contributed by atoms with van der Waals surface area (Å²) in [6.45, 7) is 1.65. The molecule has 2 nitrogen and oxygen atoms in total. The normalized spacial score (nSPS) is 9.00. The number of carbonyl (C=O) groups excluding carboxylic acids is 1. The van der Waals surface area contributed by atoms with Crippen LogP contribution in [0.15, 0.2) is 18.2 Å². The van der Waals surface area contributed by atoms with Crippen LogP contribution in [0, 0.1) is 17.7 Å². The summed E-state index contributed by atoms with van der Waals surface area (Å²) in [5.74, 6) is 4.47. The molecule has 0 atom stereocenters. The summed E-state index contributed by atoms with van der Waals surface area (Å²) in [5, 5.41) is 0. The minimum absolute atomic E-state index is 0.0446. The van der Waals surface area contributed by atoms with Crippen molar-refractivity contribution in [2.45, 2.75) is 13.3 Å². The number of carbonyl (C=O) groups is 1. The molecule has 0 spiro atoms. The van der Waals surface area contributed by atoms with Gasteiger partial charge in [0.05, 0.1) is 12.1 Å². The molecule has 14 heavy (non-hydrogen) atoms. The molecule has 0 amide bonds. The van der Waals surface area contributed by atoms with Crippen molar-refractivity contribution in [3.05, 3.63) is 29.6 Å². The Morgan fingerprint density at radius 2 is 2.29 bits per heavy atom. The first-order valence-electron chi connectivity index (χ1n) is 4.13. The van der Waals surface area contributed by atoms with Gasteiger partial charge >= 0.3 is 0 Å². The molecule has 0 bridgehead atoms. The highest BCUT2D eigenvalue weighted by molar-refractivity contribution is 5.97. The number of benzene rings is 1. The Bertz CT molecular complexity index is 415. The lowest BCUT2D eigenvalue weighted by atomic mass is 10.1. The number of Topliss-reactive ketones (excluding diaryl/α,β-unsaturated/α-hetero) is 1. The van der Waals surface area contributed by atoms with E-state index in [-0.39, 0.29) is 17.9 Å². The van der Waals surface area contributed by atoms with Gasteiger partial charge in [0.1, 0.15) is 5.82 Å². The predicted molar refractivity (Wildman–Crippen MR) is 53.2 cm³/mol. The number of ketones is 1. The summed E-state index contributed by atoms with van der Waals surface area (Å²) in [6.07, 6.45) is 0.111. The van der Waals surface area contributed by atoms with Crippen LogP contribution < -0.4 is 5.73 Å². The molecule has 1 aromatic rings. The minimum Gasteiger partial charge on any atom is -0.396 e. The molecule has 0 aliphatic rings. The Morgan fingerprint density at radius 3 is 2.86 bits per heavy atom. The molecule has 72 valence electrons. The zero-order valence-electron chi connectivity index (χ0n) is 7.80. The van der Waals surface area contributed by atoms with E-state index in [2.05, 4.69) is 11.8 Å². The number of hydrogen-bond donors (Lipinski definition) is 1. The predicted octanol–water partition coefficient (Wildman–Crippen LogP) is 2.00. The molecule has 2 N–H and O–H groups in total. The number of rotatable bonds is 2. The Kier molecular flexibility index (Phi) is 3.24. The lowest BCUT2D eigenvalue weighted by Crippen LogP contribution is -2.00. The number of nitrogens with two attached hydrogens (primary N) is 1. The topological polar surface area (TPSA) is 43.1 Å². The van der Waals surface area contributed by atoms with Gasteiger partial charge in [-0.2, -0.15) is 0 Å². The van der Waals surface area contributed by atoms with E-state index in [4.69, 9.17) is 5.73 Å². The first kappa shape index (κ1) is 10.3. The lowest BCUT2D eigenvalue weighted by Gasteiger charge is -1.99. The standard InChI is InChI=1S/C11H10FNO/c1-2-3-4-11(14)8-5-6-10(13)9(12)7-8/h5-7H,4,13H2,1H3. The fourth-order valence-corrected chi connectivity index (χ4v) is 0.971. The SMILES string of the molecule is CC#CCC(=O)c1ccc(N)c(F)c1. The van der Waals surface area contributed by atoms with E-state index in [9.17, 15) is 9.18 Å². The second-order valence-corrected chi connectivity index (χ2v) is 2.76. The van der Waals surface area contributed by atoms with Crippen LogP contribution in [0.2, 0.25) is 0 Å². The van der Waals surface area contributed by atoms with Crippen LogP contribution in [0.1, 0.15) is 23.7 Å². The highest BCUT2D eigenvalue weighted by Crippen LogP contribution is 2.13. The van der Waals surface area contributed by atoms with Gasteiger partial charge in [-0.15, -0.1) is 5.92 Å². The van der Waals surface area contributed by atoms with Crippen molar-refractivity contribution < 1.29 is 9.18 Å². The molecule has 1 aromatic carbocycles. The molecular formula is C11H10FNO. The molecule has 0 radical (unpaired) electrons. The van der Waals surface area contributed by atoms with E-state index < -0.39 is 5.82 Å². The number of nitrogen functional groups attached to an aromatic ring is 1. The summed E-state index contributed by atoms with van der Waals surface area (Å²) in [6, 6.07) is 4.01. The van der Waals surface area contributed by atoms with E-state index in [1.54, 1.807) is 6.92 Å². The quantitative estimate of drug-likeness (QED) is 0.441. The molecule has 0 unspecified atom stereocenters. The molecular weight excluding hydrogens is 181 g/mol. The van der Waals surface area contributed by atoms with Gasteiger partial charge in [-0.3, -0.25) is 4.79 Å². The zero-order chi connectivity index (χ0) is 10.6. The van der Waals surface area contributed by atoms with Crippen molar-refractivity contribution in [1.29, 1.82) is 0 Å². The highest BCUT2D eigenvalue weighted by atomic mass is 19.1. The van der Waals surface area contributed by atoms with Crippen molar-refractivity contribution in [1.82, 2.24) is 0 Å². The second-order valence-electron chi connectivity index (χ2n) is 2.76. The molecule has 1 rings (SSSR count). The van der Waals surface area contributed by atoms with Gasteiger partial charge in [0.15, 0.2) is 5.78 Å². The third-order valence-electron chi connectivity index (χ3n) is 1.75. The number of anilines is 1. The van der Waals surface area contributed by atoms with Crippen molar-refractivity contribution in [2.24, 2.45) is 0 Å².